The lowest BCUT2D eigenvalue weighted by Gasteiger charge is -2.29. The summed E-state index contributed by atoms with van der Waals surface area (Å²) in [5.74, 6) is -0.870. The number of ether oxygens (including phenoxy) is 1. The molecule has 0 bridgehead atoms. The number of carboxylic acid groups (broad SMARTS) is 1. The molecule has 22 heavy (non-hydrogen) atoms. The predicted octanol–water partition coefficient (Wildman–Crippen LogP) is 3.46. The van der Waals surface area contributed by atoms with Gasteiger partial charge in [0.05, 0.1) is 5.56 Å². The smallest absolute Gasteiger partial charge is 0.335 e. The Hall–Kier alpha value is -1.39. The molecule has 0 amide bonds. The van der Waals surface area contributed by atoms with Crippen molar-refractivity contribution >= 4 is 5.97 Å². The van der Waals surface area contributed by atoms with Gasteiger partial charge in [0.1, 0.15) is 0 Å². The van der Waals surface area contributed by atoms with Crippen molar-refractivity contribution in [2.45, 2.75) is 45.6 Å². The van der Waals surface area contributed by atoms with E-state index < -0.39 is 5.97 Å². The van der Waals surface area contributed by atoms with E-state index >= 15 is 0 Å². The van der Waals surface area contributed by atoms with E-state index in [-0.39, 0.29) is 0 Å². The lowest BCUT2D eigenvalue weighted by Crippen LogP contribution is -2.33. The molecule has 4 nitrogen and oxygen atoms in total. The van der Waals surface area contributed by atoms with Gasteiger partial charge in [-0.2, -0.15) is 0 Å². The summed E-state index contributed by atoms with van der Waals surface area (Å²) >= 11 is 0. The van der Waals surface area contributed by atoms with Crippen LogP contribution in [0.25, 0.3) is 0 Å². The van der Waals surface area contributed by atoms with E-state index in [4.69, 9.17) is 9.84 Å². The van der Waals surface area contributed by atoms with Gasteiger partial charge < -0.3 is 15.2 Å². The van der Waals surface area contributed by atoms with Gasteiger partial charge in [0.25, 0.3) is 0 Å². The van der Waals surface area contributed by atoms with Crippen LogP contribution in [-0.4, -0.2) is 30.8 Å². The van der Waals surface area contributed by atoms with Crippen LogP contribution in [0.1, 0.15) is 54.9 Å². The Morgan fingerprint density at radius 3 is 2.82 bits per heavy atom. The number of aromatic carboxylic acids is 1. The molecular formula is C18H27NO3. The molecule has 0 aliphatic heterocycles. The fourth-order valence-corrected chi connectivity index (χ4v) is 3.36. The highest BCUT2D eigenvalue weighted by molar-refractivity contribution is 5.87. The third-order valence-corrected chi connectivity index (χ3v) is 4.65. The lowest BCUT2D eigenvalue weighted by molar-refractivity contribution is 0.0696. The minimum atomic E-state index is -0.870. The van der Waals surface area contributed by atoms with Crippen molar-refractivity contribution in [2.75, 3.05) is 19.8 Å². The van der Waals surface area contributed by atoms with Crippen molar-refractivity contribution in [1.82, 2.24) is 5.32 Å². The van der Waals surface area contributed by atoms with E-state index in [2.05, 4.69) is 5.32 Å². The number of carbonyl (C=O) groups is 1. The van der Waals surface area contributed by atoms with E-state index in [1.807, 2.05) is 13.0 Å². The largest absolute Gasteiger partial charge is 0.478 e. The molecule has 0 atom stereocenters. The zero-order valence-electron chi connectivity index (χ0n) is 13.4. The van der Waals surface area contributed by atoms with Gasteiger partial charge in [-0.1, -0.05) is 25.0 Å². The van der Waals surface area contributed by atoms with Crippen molar-refractivity contribution in [3.63, 3.8) is 0 Å². The summed E-state index contributed by atoms with van der Waals surface area (Å²) < 4.78 is 5.53. The van der Waals surface area contributed by atoms with Crippen molar-refractivity contribution in [1.29, 1.82) is 0 Å². The monoisotopic (exact) mass is 305 g/mol. The van der Waals surface area contributed by atoms with Gasteiger partial charge in [0.15, 0.2) is 0 Å². The molecule has 2 N–H and O–H groups in total. The van der Waals surface area contributed by atoms with Crippen LogP contribution in [0.2, 0.25) is 0 Å². The van der Waals surface area contributed by atoms with E-state index in [1.165, 1.54) is 25.7 Å². The average Bonchev–Trinajstić information content (AvgIpc) is 2.97. The molecule has 0 unspecified atom stereocenters. The third kappa shape index (κ3) is 4.82. The SMILES string of the molecule is CCOCCC1(CNCc2cccc(C(=O)O)c2)CCCC1. The maximum absolute atomic E-state index is 11.0. The van der Waals surface area contributed by atoms with Crippen molar-refractivity contribution in [2.24, 2.45) is 5.41 Å². The highest BCUT2D eigenvalue weighted by atomic mass is 16.5. The lowest BCUT2D eigenvalue weighted by atomic mass is 9.83. The Morgan fingerprint density at radius 2 is 2.14 bits per heavy atom. The Morgan fingerprint density at radius 1 is 1.36 bits per heavy atom. The van der Waals surface area contributed by atoms with E-state index in [1.54, 1.807) is 18.2 Å². The molecule has 2 rings (SSSR count). The summed E-state index contributed by atoms with van der Waals surface area (Å²) in [4.78, 5) is 11.0. The van der Waals surface area contributed by atoms with Gasteiger partial charge in [0.2, 0.25) is 0 Å². The van der Waals surface area contributed by atoms with Crippen LogP contribution < -0.4 is 5.32 Å². The predicted molar refractivity (Wildman–Crippen MR) is 87.1 cm³/mol. The molecule has 1 fully saturated rings. The molecule has 1 aliphatic rings. The average molecular weight is 305 g/mol. The van der Waals surface area contributed by atoms with Crippen molar-refractivity contribution in [3.8, 4) is 0 Å². The highest BCUT2D eigenvalue weighted by Crippen LogP contribution is 2.40. The highest BCUT2D eigenvalue weighted by Gasteiger charge is 2.32. The number of nitrogens with one attached hydrogen (secondary N) is 1. The first-order valence-electron chi connectivity index (χ1n) is 8.26. The summed E-state index contributed by atoms with van der Waals surface area (Å²) in [5, 5.41) is 12.6. The standard InChI is InChI=1S/C18H27NO3/c1-2-22-11-10-18(8-3-4-9-18)14-19-13-15-6-5-7-16(12-15)17(20)21/h5-7,12,19H,2-4,8-11,13-14H2,1H3,(H,20,21). The van der Waals surface area contributed by atoms with Crippen LogP contribution in [0.3, 0.4) is 0 Å². The van der Waals surface area contributed by atoms with Gasteiger partial charge in [-0.05, 0) is 49.3 Å². The normalized spacial score (nSPS) is 16.8. The minimum absolute atomic E-state index is 0.353. The topological polar surface area (TPSA) is 58.6 Å². The van der Waals surface area contributed by atoms with Crippen LogP contribution in [-0.2, 0) is 11.3 Å². The third-order valence-electron chi connectivity index (χ3n) is 4.65. The number of hydrogen-bond acceptors (Lipinski definition) is 3. The molecule has 0 aromatic heterocycles. The summed E-state index contributed by atoms with van der Waals surface area (Å²) in [5.41, 5.74) is 1.74. The molecule has 0 heterocycles. The molecule has 0 spiro atoms. The number of benzene rings is 1. The van der Waals surface area contributed by atoms with Gasteiger partial charge >= 0.3 is 5.97 Å². The van der Waals surface area contributed by atoms with Crippen LogP contribution in [0.15, 0.2) is 24.3 Å². The molecule has 1 aliphatic carbocycles. The quantitative estimate of drug-likeness (QED) is 0.686. The second kappa shape index (κ2) is 8.30. The van der Waals surface area contributed by atoms with Crippen LogP contribution in [0.4, 0.5) is 0 Å². The fourth-order valence-electron chi connectivity index (χ4n) is 3.36. The van der Waals surface area contributed by atoms with Crippen LogP contribution in [0.5, 0.6) is 0 Å². The maximum atomic E-state index is 11.0. The van der Waals surface area contributed by atoms with Gasteiger partial charge in [0, 0.05) is 26.3 Å². The summed E-state index contributed by atoms with van der Waals surface area (Å²) in [6, 6.07) is 7.16. The first kappa shape index (κ1) is 17.0. The Balaban J connectivity index is 1.85. The first-order valence-corrected chi connectivity index (χ1v) is 8.26. The molecule has 1 saturated carbocycles. The summed E-state index contributed by atoms with van der Waals surface area (Å²) in [6.45, 7) is 5.36. The van der Waals surface area contributed by atoms with Gasteiger partial charge in [-0.15, -0.1) is 0 Å². The molecule has 4 heteroatoms. The maximum Gasteiger partial charge on any atom is 0.335 e. The first-order chi connectivity index (χ1) is 10.7. The second-order valence-corrected chi connectivity index (χ2v) is 6.26. The molecular weight excluding hydrogens is 278 g/mol. The molecule has 0 radical (unpaired) electrons. The zero-order chi connectivity index (χ0) is 15.8. The molecule has 122 valence electrons. The van der Waals surface area contributed by atoms with Crippen LogP contribution in [0, 0.1) is 5.41 Å². The minimum Gasteiger partial charge on any atom is -0.478 e. The summed E-state index contributed by atoms with van der Waals surface area (Å²) in [6.07, 6.45) is 6.26. The molecule has 1 aromatic rings. The van der Waals surface area contributed by atoms with Crippen LogP contribution >= 0.6 is 0 Å². The Bertz CT molecular complexity index is 481. The second-order valence-electron chi connectivity index (χ2n) is 6.26. The molecule has 0 saturated heterocycles. The number of rotatable bonds is 9. The zero-order valence-corrected chi connectivity index (χ0v) is 13.4. The van der Waals surface area contributed by atoms with E-state index in [0.29, 0.717) is 11.0 Å². The van der Waals surface area contributed by atoms with Crippen molar-refractivity contribution in [3.05, 3.63) is 35.4 Å². The van der Waals surface area contributed by atoms with Gasteiger partial charge in [-0.25, -0.2) is 4.79 Å². The summed E-state index contributed by atoms with van der Waals surface area (Å²) in [7, 11) is 0. The van der Waals surface area contributed by atoms with E-state index in [9.17, 15) is 4.79 Å². The molecule has 1 aromatic carbocycles. The van der Waals surface area contributed by atoms with Gasteiger partial charge in [-0.3, -0.25) is 0 Å². The fraction of sp³-hybridized carbons (Fsp3) is 0.611. The van der Waals surface area contributed by atoms with Crippen molar-refractivity contribution < 1.29 is 14.6 Å². The Labute approximate surface area is 132 Å². The Kier molecular flexibility index (Phi) is 6.40. The van der Waals surface area contributed by atoms with E-state index in [0.717, 1.165) is 38.3 Å². The number of hydrogen-bond donors (Lipinski definition) is 2. The number of carboxylic acids is 1.